The Hall–Kier alpha value is -0.670. The van der Waals surface area contributed by atoms with Crippen LogP contribution in [0.25, 0.3) is 0 Å². The van der Waals surface area contributed by atoms with Gasteiger partial charge in [0, 0.05) is 11.8 Å². The van der Waals surface area contributed by atoms with E-state index in [0.717, 1.165) is 18.0 Å². The lowest BCUT2D eigenvalue weighted by molar-refractivity contribution is 0.302. The molecule has 2 nitrogen and oxygen atoms in total. The highest BCUT2D eigenvalue weighted by molar-refractivity contribution is 7.99. The average molecular weight is 293 g/mol. The van der Waals surface area contributed by atoms with E-state index in [-0.39, 0.29) is 0 Å². The van der Waals surface area contributed by atoms with Gasteiger partial charge in [-0.3, -0.25) is 0 Å². The summed E-state index contributed by atoms with van der Waals surface area (Å²) in [7, 11) is 0. The Labute approximate surface area is 127 Å². The summed E-state index contributed by atoms with van der Waals surface area (Å²) in [6.07, 6.45) is 5.33. The van der Waals surface area contributed by atoms with Crippen LogP contribution in [0.5, 0.6) is 5.75 Å². The van der Waals surface area contributed by atoms with Crippen LogP contribution in [0, 0.1) is 0 Å². The monoisotopic (exact) mass is 293 g/mol. The molecule has 0 amide bonds. The highest BCUT2D eigenvalue weighted by Crippen LogP contribution is 2.29. The standard InChI is InChI=1S/C17H27NOS/c1-3-10-18-17(13-20-11-4-2)14-6-5-7-16(12-14)19-15-8-9-15/h5-7,12,15,17-18H,3-4,8-11,13H2,1-2H3. The SMILES string of the molecule is CCCNC(CSCCC)c1cccc(OC2CC2)c1. The minimum atomic E-state index is 0.439. The zero-order valence-corrected chi connectivity index (χ0v) is 13.5. The molecule has 1 aliphatic rings. The van der Waals surface area contributed by atoms with Crippen LogP contribution in [-0.2, 0) is 0 Å². The third-order valence-electron chi connectivity index (χ3n) is 3.36. The molecule has 1 aliphatic carbocycles. The van der Waals surface area contributed by atoms with E-state index in [1.54, 1.807) is 0 Å². The maximum Gasteiger partial charge on any atom is 0.120 e. The van der Waals surface area contributed by atoms with Gasteiger partial charge in [0.1, 0.15) is 5.75 Å². The van der Waals surface area contributed by atoms with Crippen molar-refractivity contribution < 1.29 is 4.74 Å². The Morgan fingerprint density at radius 3 is 2.85 bits per heavy atom. The highest BCUT2D eigenvalue weighted by Gasteiger charge is 2.23. The summed E-state index contributed by atoms with van der Waals surface area (Å²) in [5.74, 6) is 3.41. The van der Waals surface area contributed by atoms with Crippen molar-refractivity contribution in [1.82, 2.24) is 5.32 Å². The molecule has 112 valence electrons. The molecule has 0 spiro atoms. The molecule has 20 heavy (non-hydrogen) atoms. The van der Waals surface area contributed by atoms with Gasteiger partial charge >= 0.3 is 0 Å². The number of hydrogen-bond acceptors (Lipinski definition) is 3. The van der Waals surface area contributed by atoms with E-state index in [2.05, 4.69) is 43.4 Å². The summed E-state index contributed by atoms with van der Waals surface area (Å²) >= 11 is 2.04. The van der Waals surface area contributed by atoms with Gasteiger partial charge in [0.2, 0.25) is 0 Å². The van der Waals surface area contributed by atoms with Gasteiger partial charge in [-0.15, -0.1) is 0 Å². The Bertz CT molecular complexity index is 392. The van der Waals surface area contributed by atoms with Crippen LogP contribution in [0.1, 0.15) is 51.1 Å². The minimum Gasteiger partial charge on any atom is -0.490 e. The van der Waals surface area contributed by atoms with E-state index in [1.807, 2.05) is 11.8 Å². The first-order valence-corrected chi connectivity index (χ1v) is 9.06. The van der Waals surface area contributed by atoms with Gasteiger partial charge in [-0.25, -0.2) is 0 Å². The summed E-state index contributed by atoms with van der Waals surface area (Å²) in [5, 5.41) is 3.66. The molecule has 2 rings (SSSR count). The van der Waals surface area contributed by atoms with Crippen molar-refractivity contribution in [1.29, 1.82) is 0 Å². The molecular formula is C17H27NOS. The van der Waals surface area contributed by atoms with Crippen LogP contribution in [0.2, 0.25) is 0 Å². The first-order chi connectivity index (χ1) is 9.83. The molecule has 0 aromatic heterocycles. The molecule has 3 heteroatoms. The van der Waals surface area contributed by atoms with Gasteiger partial charge in [0.25, 0.3) is 0 Å². The van der Waals surface area contributed by atoms with Gasteiger partial charge in [-0.1, -0.05) is 26.0 Å². The van der Waals surface area contributed by atoms with Gasteiger partial charge in [-0.05, 0) is 55.7 Å². The number of nitrogens with one attached hydrogen (secondary N) is 1. The molecule has 1 unspecified atom stereocenters. The second kappa shape index (κ2) is 8.58. The maximum absolute atomic E-state index is 5.91. The van der Waals surface area contributed by atoms with Crippen LogP contribution in [-0.4, -0.2) is 24.2 Å². The third-order valence-corrected chi connectivity index (χ3v) is 4.63. The molecule has 1 saturated carbocycles. The second-order valence-corrected chi connectivity index (χ2v) is 6.62. The molecule has 1 aromatic carbocycles. The Balaban J connectivity index is 1.97. The molecular weight excluding hydrogens is 266 g/mol. The lowest BCUT2D eigenvalue weighted by atomic mass is 10.1. The largest absolute Gasteiger partial charge is 0.490 e. The summed E-state index contributed by atoms with van der Waals surface area (Å²) in [6, 6.07) is 9.09. The fourth-order valence-corrected chi connectivity index (χ4v) is 3.12. The van der Waals surface area contributed by atoms with Crippen molar-refractivity contribution in [2.24, 2.45) is 0 Å². The summed E-state index contributed by atoms with van der Waals surface area (Å²) in [4.78, 5) is 0. The maximum atomic E-state index is 5.91. The van der Waals surface area contributed by atoms with Crippen molar-refractivity contribution in [3.8, 4) is 5.75 Å². The topological polar surface area (TPSA) is 21.3 Å². The normalized spacial score (nSPS) is 16.1. The fourth-order valence-electron chi connectivity index (χ4n) is 2.12. The lowest BCUT2D eigenvalue weighted by Gasteiger charge is -2.19. The van der Waals surface area contributed by atoms with Crippen molar-refractivity contribution in [3.63, 3.8) is 0 Å². The van der Waals surface area contributed by atoms with E-state index in [0.29, 0.717) is 12.1 Å². The molecule has 0 bridgehead atoms. The third kappa shape index (κ3) is 5.37. The van der Waals surface area contributed by atoms with Crippen LogP contribution < -0.4 is 10.1 Å². The Morgan fingerprint density at radius 1 is 1.30 bits per heavy atom. The molecule has 1 N–H and O–H groups in total. The van der Waals surface area contributed by atoms with Crippen molar-refractivity contribution in [2.75, 3.05) is 18.1 Å². The second-order valence-electron chi connectivity index (χ2n) is 5.47. The van der Waals surface area contributed by atoms with E-state index >= 15 is 0 Å². The summed E-state index contributed by atoms with van der Waals surface area (Å²) < 4.78 is 5.91. The summed E-state index contributed by atoms with van der Waals surface area (Å²) in [6.45, 7) is 5.53. The Morgan fingerprint density at radius 2 is 2.15 bits per heavy atom. The van der Waals surface area contributed by atoms with Crippen molar-refractivity contribution in [3.05, 3.63) is 29.8 Å². The number of benzene rings is 1. The molecule has 0 radical (unpaired) electrons. The first-order valence-electron chi connectivity index (χ1n) is 7.91. The molecule has 1 atom stereocenters. The van der Waals surface area contributed by atoms with Crippen LogP contribution >= 0.6 is 11.8 Å². The predicted molar refractivity (Wildman–Crippen MR) is 88.7 cm³/mol. The van der Waals surface area contributed by atoms with E-state index < -0.39 is 0 Å². The lowest BCUT2D eigenvalue weighted by Crippen LogP contribution is -2.24. The molecule has 1 aromatic rings. The molecule has 0 aliphatic heterocycles. The van der Waals surface area contributed by atoms with Gasteiger partial charge in [0.05, 0.1) is 6.10 Å². The van der Waals surface area contributed by atoms with Gasteiger partial charge in [-0.2, -0.15) is 11.8 Å². The van der Waals surface area contributed by atoms with Crippen LogP contribution in [0.4, 0.5) is 0 Å². The fraction of sp³-hybridized carbons (Fsp3) is 0.647. The number of hydrogen-bond donors (Lipinski definition) is 1. The zero-order valence-electron chi connectivity index (χ0n) is 12.7. The van der Waals surface area contributed by atoms with Crippen LogP contribution in [0.3, 0.4) is 0 Å². The van der Waals surface area contributed by atoms with E-state index in [1.165, 1.54) is 37.0 Å². The zero-order chi connectivity index (χ0) is 14.2. The van der Waals surface area contributed by atoms with Gasteiger partial charge < -0.3 is 10.1 Å². The predicted octanol–water partition coefficient (Wildman–Crippen LogP) is 4.41. The molecule has 1 fully saturated rings. The molecule has 0 saturated heterocycles. The minimum absolute atomic E-state index is 0.439. The van der Waals surface area contributed by atoms with E-state index in [9.17, 15) is 0 Å². The smallest absolute Gasteiger partial charge is 0.120 e. The average Bonchev–Trinajstić information content (AvgIpc) is 3.27. The van der Waals surface area contributed by atoms with Gasteiger partial charge in [0.15, 0.2) is 0 Å². The van der Waals surface area contributed by atoms with Crippen molar-refractivity contribution in [2.45, 2.75) is 51.7 Å². The first kappa shape index (κ1) is 15.7. The number of rotatable bonds is 10. The quantitative estimate of drug-likeness (QED) is 0.646. The van der Waals surface area contributed by atoms with Crippen molar-refractivity contribution >= 4 is 11.8 Å². The van der Waals surface area contributed by atoms with E-state index in [4.69, 9.17) is 4.74 Å². The highest BCUT2D eigenvalue weighted by atomic mass is 32.2. The summed E-state index contributed by atoms with van der Waals surface area (Å²) in [5.41, 5.74) is 1.36. The van der Waals surface area contributed by atoms with Crippen LogP contribution in [0.15, 0.2) is 24.3 Å². The number of ether oxygens (including phenoxy) is 1. The number of thioether (sulfide) groups is 1. The molecule has 0 heterocycles. The Kier molecular flexibility index (Phi) is 6.74.